The Morgan fingerprint density at radius 2 is 1.79 bits per heavy atom. The van der Waals surface area contributed by atoms with Crippen molar-refractivity contribution in [2.75, 3.05) is 19.6 Å². The van der Waals surface area contributed by atoms with E-state index in [0.717, 1.165) is 30.0 Å². The van der Waals surface area contributed by atoms with E-state index >= 15 is 0 Å². The SMILES string of the molecule is CCCCC(=O)NC(C(=O)N1CCN(C(=O)c2cccc3ccccc23)C(C)C1)C(C)CC. The number of fused-ring (bicyclic) bond motifs is 1. The molecule has 3 amide bonds. The van der Waals surface area contributed by atoms with Crippen molar-refractivity contribution in [3.63, 3.8) is 0 Å². The van der Waals surface area contributed by atoms with Crippen LogP contribution < -0.4 is 5.32 Å². The summed E-state index contributed by atoms with van der Waals surface area (Å²) in [5, 5.41) is 4.97. The zero-order valence-electron chi connectivity index (χ0n) is 20.3. The summed E-state index contributed by atoms with van der Waals surface area (Å²) < 4.78 is 0. The van der Waals surface area contributed by atoms with E-state index in [9.17, 15) is 14.4 Å². The Morgan fingerprint density at radius 1 is 1.06 bits per heavy atom. The van der Waals surface area contributed by atoms with Crippen molar-refractivity contribution in [2.45, 2.75) is 65.5 Å². The second-order valence-electron chi connectivity index (χ2n) is 9.19. The highest BCUT2D eigenvalue weighted by Crippen LogP contribution is 2.23. The van der Waals surface area contributed by atoms with Gasteiger partial charge in [-0.2, -0.15) is 0 Å². The van der Waals surface area contributed by atoms with Gasteiger partial charge in [-0.1, -0.05) is 70.0 Å². The number of carbonyl (C=O) groups excluding carboxylic acids is 3. The Bertz CT molecular complexity index is 984. The van der Waals surface area contributed by atoms with Gasteiger partial charge in [-0.3, -0.25) is 14.4 Å². The van der Waals surface area contributed by atoms with Crippen LogP contribution in [0.4, 0.5) is 0 Å². The van der Waals surface area contributed by atoms with Gasteiger partial charge in [-0.05, 0) is 36.1 Å². The van der Waals surface area contributed by atoms with E-state index in [1.54, 1.807) is 0 Å². The molecular formula is C27H37N3O3. The monoisotopic (exact) mass is 451 g/mol. The molecule has 0 aromatic heterocycles. The average molecular weight is 452 g/mol. The molecule has 1 fully saturated rings. The summed E-state index contributed by atoms with van der Waals surface area (Å²) in [7, 11) is 0. The number of hydrogen-bond acceptors (Lipinski definition) is 3. The van der Waals surface area contributed by atoms with E-state index in [1.165, 1.54) is 0 Å². The van der Waals surface area contributed by atoms with Gasteiger partial charge in [-0.15, -0.1) is 0 Å². The number of nitrogens with one attached hydrogen (secondary N) is 1. The first-order valence-corrected chi connectivity index (χ1v) is 12.2. The molecule has 6 nitrogen and oxygen atoms in total. The van der Waals surface area contributed by atoms with Gasteiger partial charge >= 0.3 is 0 Å². The molecule has 3 unspecified atom stereocenters. The summed E-state index contributed by atoms with van der Waals surface area (Å²) in [6.45, 7) is 9.49. The van der Waals surface area contributed by atoms with Crippen molar-refractivity contribution in [1.29, 1.82) is 0 Å². The Hall–Kier alpha value is -2.89. The van der Waals surface area contributed by atoms with Gasteiger partial charge in [0.15, 0.2) is 0 Å². The normalized spacial score (nSPS) is 18.1. The zero-order chi connectivity index (χ0) is 24.0. The van der Waals surface area contributed by atoms with Gasteiger partial charge in [0.2, 0.25) is 11.8 Å². The first kappa shape index (κ1) is 24.7. The Morgan fingerprint density at radius 3 is 2.48 bits per heavy atom. The van der Waals surface area contributed by atoms with E-state index < -0.39 is 6.04 Å². The highest BCUT2D eigenvalue weighted by molar-refractivity contribution is 6.07. The lowest BCUT2D eigenvalue weighted by Gasteiger charge is -2.41. The molecule has 1 aliphatic heterocycles. The van der Waals surface area contributed by atoms with Crippen LogP contribution in [0.5, 0.6) is 0 Å². The van der Waals surface area contributed by atoms with Gasteiger partial charge in [0.25, 0.3) is 5.91 Å². The number of nitrogens with zero attached hydrogens (tertiary/aromatic N) is 2. The highest BCUT2D eigenvalue weighted by Gasteiger charge is 2.35. The number of unbranched alkanes of at least 4 members (excludes halogenated alkanes) is 1. The lowest BCUT2D eigenvalue weighted by Crippen LogP contribution is -2.60. The molecule has 178 valence electrons. The number of benzene rings is 2. The van der Waals surface area contributed by atoms with E-state index in [1.807, 2.05) is 80.0 Å². The molecule has 6 heteroatoms. The van der Waals surface area contributed by atoms with Gasteiger partial charge < -0.3 is 15.1 Å². The number of hydrogen-bond donors (Lipinski definition) is 1. The molecule has 0 saturated carbocycles. The predicted molar refractivity (Wildman–Crippen MR) is 132 cm³/mol. The first-order chi connectivity index (χ1) is 15.9. The molecule has 0 aliphatic carbocycles. The molecule has 2 aromatic carbocycles. The van der Waals surface area contributed by atoms with Crippen LogP contribution >= 0.6 is 0 Å². The fraction of sp³-hybridized carbons (Fsp3) is 0.519. The molecule has 0 spiro atoms. The van der Waals surface area contributed by atoms with Gasteiger partial charge in [0, 0.05) is 37.7 Å². The summed E-state index contributed by atoms with van der Waals surface area (Å²) in [5.41, 5.74) is 0.695. The van der Waals surface area contributed by atoms with Gasteiger partial charge in [0.05, 0.1) is 0 Å². The summed E-state index contributed by atoms with van der Waals surface area (Å²) in [4.78, 5) is 42.8. The third kappa shape index (κ3) is 5.73. The number of piperazine rings is 1. The molecule has 3 atom stereocenters. The largest absolute Gasteiger partial charge is 0.344 e. The van der Waals surface area contributed by atoms with Crippen LogP contribution in [0.15, 0.2) is 42.5 Å². The third-order valence-electron chi connectivity index (χ3n) is 6.77. The zero-order valence-corrected chi connectivity index (χ0v) is 20.3. The van der Waals surface area contributed by atoms with Gasteiger partial charge in [-0.25, -0.2) is 0 Å². The maximum atomic E-state index is 13.4. The van der Waals surface area contributed by atoms with E-state index in [2.05, 4.69) is 5.32 Å². The van der Waals surface area contributed by atoms with Crippen molar-refractivity contribution in [1.82, 2.24) is 15.1 Å². The quantitative estimate of drug-likeness (QED) is 0.653. The summed E-state index contributed by atoms with van der Waals surface area (Å²) >= 11 is 0. The number of rotatable bonds is 8. The molecular weight excluding hydrogens is 414 g/mol. The van der Waals surface area contributed by atoms with Crippen LogP contribution in [-0.2, 0) is 9.59 Å². The molecule has 0 radical (unpaired) electrons. The fourth-order valence-corrected chi connectivity index (χ4v) is 4.49. The second kappa shape index (κ2) is 11.3. The summed E-state index contributed by atoms with van der Waals surface area (Å²) in [6, 6.07) is 13.1. The molecule has 1 N–H and O–H groups in total. The van der Waals surface area contributed by atoms with Crippen LogP contribution in [0.3, 0.4) is 0 Å². The minimum absolute atomic E-state index is 0.00209. The van der Waals surface area contributed by atoms with Crippen LogP contribution in [0.1, 0.15) is 63.7 Å². The molecule has 2 aromatic rings. The number of amides is 3. The Labute approximate surface area is 197 Å². The summed E-state index contributed by atoms with van der Waals surface area (Å²) in [5.74, 6) is -0.0573. The van der Waals surface area contributed by atoms with Crippen molar-refractivity contribution < 1.29 is 14.4 Å². The second-order valence-corrected chi connectivity index (χ2v) is 9.19. The fourth-order valence-electron chi connectivity index (χ4n) is 4.49. The predicted octanol–water partition coefficient (Wildman–Crippen LogP) is 4.23. The third-order valence-corrected chi connectivity index (χ3v) is 6.77. The first-order valence-electron chi connectivity index (χ1n) is 12.2. The summed E-state index contributed by atoms with van der Waals surface area (Å²) in [6.07, 6.45) is 3.01. The minimum Gasteiger partial charge on any atom is -0.344 e. The van der Waals surface area contributed by atoms with Crippen molar-refractivity contribution in [2.24, 2.45) is 5.92 Å². The molecule has 3 rings (SSSR count). The van der Waals surface area contributed by atoms with Crippen molar-refractivity contribution in [3.8, 4) is 0 Å². The lowest BCUT2D eigenvalue weighted by molar-refractivity contribution is -0.140. The van der Waals surface area contributed by atoms with Crippen molar-refractivity contribution in [3.05, 3.63) is 48.0 Å². The van der Waals surface area contributed by atoms with Crippen LogP contribution in [0.25, 0.3) is 10.8 Å². The van der Waals surface area contributed by atoms with Crippen molar-refractivity contribution >= 4 is 28.5 Å². The van der Waals surface area contributed by atoms with Crippen LogP contribution in [-0.4, -0.2) is 59.2 Å². The van der Waals surface area contributed by atoms with Crippen LogP contribution in [0, 0.1) is 5.92 Å². The standard InChI is InChI=1S/C27H37N3O3/c1-5-7-15-24(31)28-25(19(3)6-2)27(33)29-16-17-30(20(4)18-29)26(32)23-14-10-12-21-11-8-9-13-22(21)23/h8-14,19-20,25H,5-7,15-18H2,1-4H3,(H,28,31). The average Bonchev–Trinajstić information content (AvgIpc) is 2.84. The Balaban J connectivity index is 1.70. The molecule has 1 aliphatic rings. The maximum Gasteiger partial charge on any atom is 0.254 e. The molecule has 1 heterocycles. The molecule has 33 heavy (non-hydrogen) atoms. The van der Waals surface area contributed by atoms with E-state index in [-0.39, 0.29) is 29.7 Å². The lowest BCUT2D eigenvalue weighted by atomic mass is 9.96. The Kier molecular flexibility index (Phi) is 8.48. The van der Waals surface area contributed by atoms with E-state index in [4.69, 9.17) is 0 Å². The minimum atomic E-state index is -0.521. The van der Waals surface area contributed by atoms with Gasteiger partial charge in [0.1, 0.15) is 6.04 Å². The topological polar surface area (TPSA) is 69.7 Å². The number of carbonyl (C=O) groups is 3. The highest BCUT2D eigenvalue weighted by atomic mass is 16.2. The van der Waals surface area contributed by atoms with E-state index in [0.29, 0.717) is 31.6 Å². The molecule has 0 bridgehead atoms. The smallest absolute Gasteiger partial charge is 0.254 e. The molecule has 1 saturated heterocycles. The maximum absolute atomic E-state index is 13.4. The van der Waals surface area contributed by atoms with Crippen LogP contribution in [0.2, 0.25) is 0 Å².